The minimum atomic E-state index is -1.05. The van der Waals surface area contributed by atoms with Gasteiger partial charge in [0.05, 0.1) is 20.2 Å². The van der Waals surface area contributed by atoms with E-state index in [1.165, 1.54) is 10.8 Å². The molecular weight excluding hydrogens is 493 g/mol. The number of carboxylic acid groups (broad SMARTS) is 1. The average Bonchev–Trinajstić information content (AvgIpc) is 3.01. The van der Waals surface area contributed by atoms with Crippen LogP contribution in [0.3, 0.4) is 0 Å². The molecule has 30 heavy (non-hydrogen) atoms. The van der Waals surface area contributed by atoms with Gasteiger partial charge >= 0.3 is 5.97 Å². The van der Waals surface area contributed by atoms with E-state index in [0.29, 0.717) is 31.6 Å². The molecule has 0 aromatic carbocycles. The van der Waals surface area contributed by atoms with Gasteiger partial charge in [-0.3, -0.25) is 9.78 Å². The van der Waals surface area contributed by atoms with E-state index in [2.05, 4.69) is 20.9 Å². The molecule has 0 amide bonds. The fourth-order valence-corrected chi connectivity index (χ4v) is 4.81. The first-order valence-corrected chi connectivity index (χ1v) is 10.8. The standard InChI is InChI=1S/C21H20BrCl2N3O3/c1-11(2)27-18(22)8-16(21(29)30)19(27)15(17-5-4-13(23)9-25-17)7-12-6-14(24)10-26(3)20(12)28/h4-6,8-11,15H,7H2,1-3H3,(H,29,30). The van der Waals surface area contributed by atoms with Crippen molar-refractivity contribution in [2.24, 2.45) is 7.05 Å². The van der Waals surface area contributed by atoms with Crippen LogP contribution in [0.1, 0.15) is 53.1 Å². The summed E-state index contributed by atoms with van der Waals surface area (Å²) in [4.78, 5) is 29.3. The maximum Gasteiger partial charge on any atom is 0.337 e. The van der Waals surface area contributed by atoms with Crippen LogP contribution in [0.4, 0.5) is 0 Å². The third-order valence-electron chi connectivity index (χ3n) is 4.86. The van der Waals surface area contributed by atoms with Gasteiger partial charge < -0.3 is 14.2 Å². The number of aryl methyl sites for hydroxylation is 1. The Balaban J connectivity index is 2.28. The predicted octanol–water partition coefficient (Wildman–Crippen LogP) is 5.30. The zero-order valence-electron chi connectivity index (χ0n) is 16.6. The Bertz CT molecular complexity index is 1150. The van der Waals surface area contributed by atoms with Crippen LogP contribution in [0, 0.1) is 0 Å². The van der Waals surface area contributed by atoms with Crippen molar-refractivity contribution in [2.75, 3.05) is 0 Å². The number of hydrogen-bond donors (Lipinski definition) is 1. The van der Waals surface area contributed by atoms with Gasteiger partial charge in [0.2, 0.25) is 0 Å². The number of carbonyl (C=O) groups is 1. The second kappa shape index (κ2) is 8.96. The fourth-order valence-electron chi connectivity index (χ4n) is 3.60. The molecule has 3 heterocycles. The lowest BCUT2D eigenvalue weighted by atomic mass is 9.90. The molecule has 9 heteroatoms. The zero-order valence-corrected chi connectivity index (χ0v) is 19.7. The van der Waals surface area contributed by atoms with Crippen molar-refractivity contribution in [3.63, 3.8) is 0 Å². The van der Waals surface area contributed by atoms with Crippen LogP contribution in [0.2, 0.25) is 10.0 Å². The number of halogens is 3. The molecule has 0 aliphatic carbocycles. The van der Waals surface area contributed by atoms with Gasteiger partial charge in [0.25, 0.3) is 5.56 Å². The summed E-state index contributed by atoms with van der Waals surface area (Å²) < 4.78 is 3.96. The van der Waals surface area contributed by atoms with Gasteiger partial charge in [-0.1, -0.05) is 23.2 Å². The van der Waals surface area contributed by atoms with Gasteiger partial charge in [0.15, 0.2) is 0 Å². The van der Waals surface area contributed by atoms with Crippen molar-refractivity contribution in [3.8, 4) is 0 Å². The molecule has 0 bridgehead atoms. The fraction of sp³-hybridized carbons (Fsp3) is 0.286. The normalized spacial score (nSPS) is 12.4. The van der Waals surface area contributed by atoms with Crippen LogP contribution in [0.15, 0.2) is 46.1 Å². The summed E-state index contributed by atoms with van der Waals surface area (Å²) in [7, 11) is 1.63. The quantitative estimate of drug-likeness (QED) is 0.485. The Morgan fingerprint density at radius 3 is 2.50 bits per heavy atom. The summed E-state index contributed by atoms with van der Waals surface area (Å²) in [6.07, 6.45) is 3.28. The third-order valence-corrected chi connectivity index (χ3v) is 5.90. The first-order chi connectivity index (χ1) is 14.1. The average molecular weight is 513 g/mol. The minimum absolute atomic E-state index is 0.0283. The molecule has 158 valence electrons. The molecule has 3 aromatic heterocycles. The van der Waals surface area contributed by atoms with Gasteiger partial charge in [-0.15, -0.1) is 0 Å². The van der Waals surface area contributed by atoms with Crippen LogP contribution in [0.25, 0.3) is 0 Å². The Labute approximate surface area is 192 Å². The first-order valence-electron chi connectivity index (χ1n) is 9.20. The molecule has 0 fully saturated rings. The van der Waals surface area contributed by atoms with E-state index in [1.54, 1.807) is 37.5 Å². The summed E-state index contributed by atoms with van der Waals surface area (Å²) in [6.45, 7) is 3.93. The Kier molecular flexibility index (Phi) is 6.75. The molecule has 0 aliphatic rings. The van der Waals surface area contributed by atoms with Crippen LogP contribution in [-0.4, -0.2) is 25.2 Å². The maximum absolute atomic E-state index is 12.7. The second-order valence-corrected chi connectivity index (χ2v) is 8.98. The molecule has 0 spiro atoms. The molecule has 3 rings (SSSR count). The SMILES string of the molecule is CC(C)n1c(Br)cc(C(=O)O)c1C(Cc1cc(Cl)cn(C)c1=O)c1ccc(Cl)cn1. The summed E-state index contributed by atoms with van der Waals surface area (Å²) in [6, 6.07) is 6.62. The van der Waals surface area contributed by atoms with E-state index >= 15 is 0 Å². The number of aromatic nitrogens is 3. The van der Waals surface area contributed by atoms with Crippen LogP contribution in [0.5, 0.6) is 0 Å². The van der Waals surface area contributed by atoms with Crippen molar-refractivity contribution in [1.82, 2.24) is 14.1 Å². The molecule has 1 unspecified atom stereocenters. The Morgan fingerprint density at radius 2 is 1.93 bits per heavy atom. The zero-order chi connectivity index (χ0) is 22.2. The van der Waals surface area contributed by atoms with Crippen LogP contribution < -0.4 is 5.56 Å². The van der Waals surface area contributed by atoms with E-state index in [9.17, 15) is 14.7 Å². The lowest BCUT2D eigenvalue weighted by Crippen LogP contribution is -2.24. The lowest BCUT2D eigenvalue weighted by molar-refractivity contribution is 0.0695. The first kappa shape index (κ1) is 22.6. The Hall–Kier alpha value is -2.09. The number of nitrogens with zero attached hydrogens (tertiary/aromatic N) is 3. The van der Waals surface area contributed by atoms with Crippen LogP contribution in [-0.2, 0) is 13.5 Å². The van der Waals surface area contributed by atoms with Crippen molar-refractivity contribution < 1.29 is 9.90 Å². The van der Waals surface area contributed by atoms with Crippen molar-refractivity contribution in [3.05, 3.63) is 84.2 Å². The summed E-state index contributed by atoms with van der Waals surface area (Å²) >= 11 is 15.7. The van der Waals surface area contributed by atoms with E-state index in [1.807, 2.05) is 18.4 Å². The van der Waals surface area contributed by atoms with Crippen LogP contribution >= 0.6 is 39.1 Å². The highest BCUT2D eigenvalue weighted by Gasteiger charge is 2.30. The summed E-state index contributed by atoms with van der Waals surface area (Å²) in [5.41, 5.74) is 1.58. The number of carboxylic acids is 1. The Morgan fingerprint density at radius 1 is 1.23 bits per heavy atom. The smallest absolute Gasteiger partial charge is 0.337 e. The largest absolute Gasteiger partial charge is 0.478 e. The topological polar surface area (TPSA) is 77.1 Å². The van der Waals surface area contributed by atoms with E-state index in [0.717, 1.165) is 0 Å². The molecule has 0 saturated carbocycles. The number of pyridine rings is 2. The van der Waals surface area contributed by atoms with Crippen molar-refractivity contribution in [2.45, 2.75) is 32.2 Å². The highest BCUT2D eigenvalue weighted by Crippen LogP contribution is 2.36. The molecule has 6 nitrogen and oxygen atoms in total. The monoisotopic (exact) mass is 511 g/mol. The third kappa shape index (κ3) is 4.48. The van der Waals surface area contributed by atoms with Crippen molar-refractivity contribution >= 4 is 45.1 Å². The maximum atomic E-state index is 12.7. The molecular formula is C21H20BrCl2N3O3. The number of hydrogen-bond acceptors (Lipinski definition) is 3. The molecule has 0 radical (unpaired) electrons. The lowest BCUT2D eigenvalue weighted by Gasteiger charge is -2.23. The van der Waals surface area contributed by atoms with Gasteiger partial charge in [0, 0.05) is 48.4 Å². The summed E-state index contributed by atoms with van der Waals surface area (Å²) in [5.74, 6) is -1.56. The highest BCUT2D eigenvalue weighted by molar-refractivity contribution is 9.10. The number of aromatic carboxylic acids is 1. The second-order valence-electron chi connectivity index (χ2n) is 7.29. The molecule has 1 N–H and O–H groups in total. The van der Waals surface area contributed by atoms with E-state index in [-0.39, 0.29) is 23.6 Å². The highest BCUT2D eigenvalue weighted by atomic mass is 79.9. The molecule has 3 aromatic rings. The van der Waals surface area contributed by atoms with Gasteiger partial charge in [-0.2, -0.15) is 0 Å². The molecule has 1 atom stereocenters. The summed E-state index contributed by atoms with van der Waals surface area (Å²) in [5, 5.41) is 10.8. The van der Waals surface area contributed by atoms with Gasteiger partial charge in [-0.05, 0) is 60.5 Å². The predicted molar refractivity (Wildman–Crippen MR) is 121 cm³/mol. The van der Waals surface area contributed by atoms with Gasteiger partial charge in [-0.25, -0.2) is 4.79 Å². The molecule has 0 aliphatic heterocycles. The van der Waals surface area contributed by atoms with E-state index in [4.69, 9.17) is 23.2 Å². The minimum Gasteiger partial charge on any atom is -0.478 e. The van der Waals surface area contributed by atoms with Crippen molar-refractivity contribution in [1.29, 1.82) is 0 Å². The molecule has 0 saturated heterocycles. The number of rotatable bonds is 6. The van der Waals surface area contributed by atoms with E-state index < -0.39 is 11.9 Å². The van der Waals surface area contributed by atoms with Gasteiger partial charge in [0.1, 0.15) is 0 Å².